The van der Waals surface area contributed by atoms with Gasteiger partial charge in [-0.3, -0.25) is 4.79 Å². The summed E-state index contributed by atoms with van der Waals surface area (Å²) in [6.45, 7) is 6.45. The van der Waals surface area contributed by atoms with Gasteiger partial charge < -0.3 is 15.2 Å². The number of carbonyl (C=O) groups is 1. The molecule has 1 fully saturated rings. The van der Waals surface area contributed by atoms with E-state index in [1.165, 1.54) is 12.8 Å². The molecule has 4 nitrogen and oxygen atoms in total. The van der Waals surface area contributed by atoms with Gasteiger partial charge in [0.05, 0.1) is 6.10 Å². The van der Waals surface area contributed by atoms with Crippen LogP contribution in [0.5, 0.6) is 11.5 Å². The van der Waals surface area contributed by atoms with E-state index in [0.29, 0.717) is 36.3 Å². The molecule has 1 aromatic carbocycles. The maximum atomic E-state index is 12.0. The predicted molar refractivity (Wildman–Crippen MR) is 101 cm³/mol. The lowest BCUT2D eigenvalue weighted by atomic mass is 9.69. The number of unbranched alkanes of at least 4 members (excludes halogenated alkanes) is 2. The SMILES string of the molecule is CCCCCC(C)Oc1cc(O)c2c(c1)NC(C)C1CCC(=O)CC21. The normalized spacial score (nSPS) is 26.4. The molecule has 0 radical (unpaired) electrons. The average Bonchev–Trinajstić information content (AvgIpc) is 2.54. The van der Waals surface area contributed by atoms with Crippen molar-refractivity contribution in [1.29, 1.82) is 0 Å². The van der Waals surface area contributed by atoms with Gasteiger partial charge in [0.1, 0.15) is 17.3 Å². The summed E-state index contributed by atoms with van der Waals surface area (Å²) in [7, 11) is 0. The van der Waals surface area contributed by atoms with E-state index in [1.807, 2.05) is 6.07 Å². The number of ketones is 1. The standard InChI is InChI=1S/C21H31NO3/c1-4-5-6-7-13(2)25-16-11-19-21(20(24)12-16)18-10-15(23)8-9-17(18)14(3)22-19/h11-14,17-18,22,24H,4-10H2,1-3H3. The molecule has 0 saturated heterocycles. The summed E-state index contributed by atoms with van der Waals surface area (Å²) in [6, 6.07) is 4.03. The molecule has 4 atom stereocenters. The summed E-state index contributed by atoms with van der Waals surface area (Å²) in [4.78, 5) is 12.0. The second-order valence-corrected chi connectivity index (χ2v) is 7.81. The predicted octanol–water partition coefficient (Wildman–Crippen LogP) is 5.01. The number of carbonyl (C=O) groups excluding carboxylic acids is 1. The van der Waals surface area contributed by atoms with E-state index in [4.69, 9.17) is 4.74 Å². The van der Waals surface area contributed by atoms with Gasteiger partial charge in [-0.25, -0.2) is 0 Å². The van der Waals surface area contributed by atoms with Crippen LogP contribution in [-0.2, 0) is 4.79 Å². The number of hydrogen-bond donors (Lipinski definition) is 2. The molecule has 138 valence electrons. The van der Waals surface area contributed by atoms with Crippen LogP contribution < -0.4 is 10.1 Å². The van der Waals surface area contributed by atoms with Crippen LogP contribution in [0.4, 0.5) is 5.69 Å². The highest BCUT2D eigenvalue weighted by Gasteiger charge is 2.40. The minimum Gasteiger partial charge on any atom is -0.507 e. The Bertz CT molecular complexity index is 628. The number of rotatable bonds is 6. The number of aromatic hydroxyl groups is 1. The summed E-state index contributed by atoms with van der Waals surface area (Å²) >= 11 is 0. The highest BCUT2D eigenvalue weighted by molar-refractivity contribution is 5.82. The smallest absolute Gasteiger partial charge is 0.133 e. The zero-order chi connectivity index (χ0) is 18.0. The lowest BCUT2D eigenvalue weighted by Gasteiger charge is -2.42. The first-order chi connectivity index (χ1) is 12.0. The number of fused-ring (bicyclic) bond motifs is 3. The first kappa shape index (κ1) is 18.1. The molecule has 4 heteroatoms. The summed E-state index contributed by atoms with van der Waals surface area (Å²) in [5.41, 5.74) is 1.83. The van der Waals surface area contributed by atoms with Crippen LogP contribution in [0.3, 0.4) is 0 Å². The molecule has 0 amide bonds. The van der Waals surface area contributed by atoms with Crippen LogP contribution in [0.2, 0.25) is 0 Å². The van der Waals surface area contributed by atoms with Crippen molar-refractivity contribution in [3.8, 4) is 11.5 Å². The van der Waals surface area contributed by atoms with Crippen LogP contribution >= 0.6 is 0 Å². The summed E-state index contributed by atoms with van der Waals surface area (Å²) in [5, 5.41) is 14.2. The van der Waals surface area contributed by atoms with Crippen molar-refractivity contribution in [2.24, 2.45) is 5.92 Å². The lowest BCUT2D eigenvalue weighted by molar-refractivity contribution is -0.121. The third-order valence-corrected chi connectivity index (χ3v) is 5.80. The van der Waals surface area contributed by atoms with Crippen molar-refractivity contribution in [1.82, 2.24) is 0 Å². The number of nitrogens with one attached hydrogen (secondary N) is 1. The third-order valence-electron chi connectivity index (χ3n) is 5.80. The molecule has 0 bridgehead atoms. The van der Waals surface area contributed by atoms with Crippen molar-refractivity contribution in [2.75, 3.05) is 5.32 Å². The van der Waals surface area contributed by atoms with E-state index >= 15 is 0 Å². The van der Waals surface area contributed by atoms with Crippen LogP contribution in [0, 0.1) is 5.92 Å². The molecule has 1 aromatic rings. The van der Waals surface area contributed by atoms with Crippen LogP contribution in [-0.4, -0.2) is 23.0 Å². The van der Waals surface area contributed by atoms with Crippen molar-refractivity contribution < 1.29 is 14.6 Å². The maximum absolute atomic E-state index is 12.0. The second kappa shape index (κ2) is 7.67. The first-order valence-electron chi connectivity index (χ1n) is 9.81. The summed E-state index contributed by atoms with van der Waals surface area (Å²) in [5.74, 6) is 1.82. The summed E-state index contributed by atoms with van der Waals surface area (Å²) in [6.07, 6.45) is 6.86. The summed E-state index contributed by atoms with van der Waals surface area (Å²) < 4.78 is 6.03. The molecule has 2 N–H and O–H groups in total. The lowest BCUT2D eigenvalue weighted by Crippen LogP contribution is -2.39. The number of phenols is 1. The van der Waals surface area contributed by atoms with E-state index in [0.717, 1.165) is 30.5 Å². The van der Waals surface area contributed by atoms with Gasteiger partial charge in [0.25, 0.3) is 0 Å². The van der Waals surface area contributed by atoms with Crippen LogP contribution in [0.15, 0.2) is 12.1 Å². The fourth-order valence-electron chi connectivity index (χ4n) is 4.46. The minimum absolute atomic E-state index is 0.128. The number of hydrogen-bond acceptors (Lipinski definition) is 4. The number of phenolic OH excluding ortho intramolecular Hbond substituents is 1. The molecule has 1 heterocycles. The zero-order valence-electron chi connectivity index (χ0n) is 15.7. The molecule has 1 aliphatic carbocycles. The van der Waals surface area contributed by atoms with Crippen LogP contribution in [0.25, 0.3) is 0 Å². The monoisotopic (exact) mass is 345 g/mol. The Kier molecular flexibility index (Phi) is 5.55. The van der Waals surface area contributed by atoms with E-state index in [1.54, 1.807) is 6.07 Å². The Hall–Kier alpha value is -1.71. The van der Waals surface area contributed by atoms with Crippen molar-refractivity contribution in [2.45, 2.75) is 83.8 Å². The van der Waals surface area contributed by atoms with Gasteiger partial charge in [0, 0.05) is 48.2 Å². The number of benzene rings is 1. The van der Waals surface area contributed by atoms with Gasteiger partial charge >= 0.3 is 0 Å². The Balaban J connectivity index is 1.79. The highest BCUT2D eigenvalue weighted by atomic mass is 16.5. The largest absolute Gasteiger partial charge is 0.507 e. The van der Waals surface area contributed by atoms with E-state index in [9.17, 15) is 9.90 Å². The Labute approximate surface area is 151 Å². The number of ether oxygens (including phenoxy) is 1. The number of Topliss-reactive ketones (excluding diaryl/α,β-unsaturated/α-hetero) is 1. The molecule has 1 aliphatic heterocycles. The average molecular weight is 345 g/mol. The van der Waals surface area contributed by atoms with Gasteiger partial charge in [-0.05, 0) is 39.0 Å². The Morgan fingerprint density at radius 2 is 2.16 bits per heavy atom. The zero-order valence-corrected chi connectivity index (χ0v) is 15.7. The van der Waals surface area contributed by atoms with Gasteiger partial charge in [-0.2, -0.15) is 0 Å². The molecule has 3 rings (SSSR count). The molecule has 2 aliphatic rings. The van der Waals surface area contributed by atoms with Gasteiger partial charge in [-0.1, -0.05) is 19.8 Å². The van der Waals surface area contributed by atoms with Gasteiger partial charge in [-0.15, -0.1) is 0 Å². The maximum Gasteiger partial charge on any atom is 0.133 e. The Morgan fingerprint density at radius 3 is 2.92 bits per heavy atom. The van der Waals surface area contributed by atoms with Crippen molar-refractivity contribution >= 4 is 11.5 Å². The molecule has 1 saturated carbocycles. The Morgan fingerprint density at radius 1 is 1.36 bits per heavy atom. The second-order valence-electron chi connectivity index (χ2n) is 7.81. The molecule has 4 unspecified atom stereocenters. The fraction of sp³-hybridized carbons (Fsp3) is 0.667. The molecular formula is C21H31NO3. The topological polar surface area (TPSA) is 58.6 Å². The molecule has 0 aromatic heterocycles. The van der Waals surface area contributed by atoms with Gasteiger partial charge in [0.2, 0.25) is 0 Å². The number of anilines is 1. The first-order valence-corrected chi connectivity index (χ1v) is 9.81. The van der Waals surface area contributed by atoms with E-state index < -0.39 is 0 Å². The van der Waals surface area contributed by atoms with Crippen LogP contribution in [0.1, 0.15) is 77.2 Å². The van der Waals surface area contributed by atoms with Crippen molar-refractivity contribution in [3.63, 3.8) is 0 Å². The van der Waals surface area contributed by atoms with Crippen molar-refractivity contribution in [3.05, 3.63) is 17.7 Å². The highest BCUT2D eigenvalue weighted by Crippen LogP contribution is 2.50. The molecule has 0 spiro atoms. The fourth-order valence-corrected chi connectivity index (χ4v) is 4.46. The quantitative estimate of drug-likeness (QED) is 0.712. The third kappa shape index (κ3) is 3.94. The molecule has 25 heavy (non-hydrogen) atoms. The molecular weight excluding hydrogens is 314 g/mol. The van der Waals surface area contributed by atoms with E-state index in [2.05, 4.69) is 26.1 Å². The van der Waals surface area contributed by atoms with Gasteiger partial charge in [0.15, 0.2) is 0 Å². The van der Waals surface area contributed by atoms with E-state index in [-0.39, 0.29) is 17.8 Å². The minimum atomic E-state index is 0.128.